The molecule has 0 aliphatic heterocycles. The van der Waals surface area contributed by atoms with Gasteiger partial charge in [-0.25, -0.2) is 4.98 Å². The first-order valence-corrected chi connectivity index (χ1v) is 25.4. The molecule has 0 unspecified atom stereocenters. The van der Waals surface area contributed by atoms with Gasteiger partial charge in [0.15, 0.2) is 16.0 Å². The van der Waals surface area contributed by atoms with E-state index < -0.39 is 0 Å². The molecule has 2 aromatic carbocycles. The Kier molecular flexibility index (Phi) is 56.7. The molecule has 10 heteroatoms. The van der Waals surface area contributed by atoms with Crippen molar-refractivity contribution in [3.63, 3.8) is 0 Å². The Hall–Kier alpha value is -0.580. The zero-order valence-electron chi connectivity index (χ0n) is 22.9. The fourth-order valence-corrected chi connectivity index (χ4v) is 2.27. The molecule has 0 atom stereocenters. The van der Waals surface area contributed by atoms with Crippen LogP contribution in [0.15, 0.2) is 66.0 Å². The third-order valence-electron chi connectivity index (χ3n) is 2.77. The number of nitrogens with two attached hydrogens (primary N) is 3. The Balaban J connectivity index is -0.0000000857. The van der Waals surface area contributed by atoms with Gasteiger partial charge in [-0.2, -0.15) is 0 Å². The van der Waals surface area contributed by atoms with Gasteiger partial charge in [-0.3, -0.25) is 4.79 Å². The second-order valence-corrected chi connectivity index (χ2v) is 22.4. The van der Waals surface area contributed by atoms with Gasteiger partial charge in [0, 0.05) is 16.5 Å². The molecule has 1 heterocycles. The summed E-state index contributed by atoms with van der Waals surface area (Å²) in [5.74, 6) is 0.121. The largest absolute Gasteiger partial charge is 0.377 e. The number of rotatable bonds is 2. The van der Waals surface area contributed by atoms with Crippen molar-refractivity contribution >= 4 is 76.8 Å². The van der Waals surface area contributed by atoms with Crippen LogP contribution in [0.2, 0.25) is 0 Å². The van der Waals surface area contributed by atoms with Crippen LogP contribution in [0.5, 0.6) is 0 Å². The summed E-state index contributed by atoms with van der Waals surface area (Å²) in [6.07, 6.45) is 0. The summed E-state index contributed by atoms with van der Waals surface area (Å²) < 4.78 is 0. The number of thiazole rings is 1. The first-order valence-electron chi connectivity index (χ1n) is 11.6. The maximum absolute atomic E-state index is 10.6. The summed E-state index contributed by atoms with van der Waals surface area (Å²) in [5, 5.41) is 2.58. The third kappa shape index (κ3) is 37.6. The van der Waals surface area contributed by atoms with Gasteiger partial charge in [-0.15, -0.1) is 11.3 Å². The van der Waals surface area contributed by atoms with E-state index in [0.29, 0.717) is 18.4 Å². The number of benzene rings is 2. The van der Waals surface area contributed by atoms with Crippen molar-refractivity contribution in [2.24, 2.45) is 11.5 Å². The van der Waals surface area contributed by atoms with E-state index in [0.717, 1.165) is 16.8 Å². The monoisotopic (exact) mass is 889 g/mol. The molecule has 0 aliphatic rings. The number of carbonyl (C=O) groups is 1. The van der Waals surface area contributed by atoms with Crippen molar-refractivity contribution in [3.05, 3.63) is 71.6 Å². The standard InChI is InChI=1S/C9H8N2S.C8H8O.4C2H6.CH4N2S.CH4.I3/c10-9-11-8(6-12-9)7-4-2-1-3-5-7;1-7(9)8-5-3-2-4-6-8;4*1-2;2-1(3)4;;1-3-2/h1-6H,(H2,10,11);2-6H,1H3;4*1-2H3;(H4,2,3,4);1H4;/q;;;;;;;;-1. The van der Waals surface area contributed by atoms with Crippen LogP contribution in [0.1, 0.15) is 80.1 Å². The molecule has 216 valence electrons. The summed E-state index contributed by atoms with van der Waals surface area (Å²) in [5.41, 5.74) is 17.6. The maximum Gasteiger partial charge on any atom is 0.180 e. The Morgan fingerprint density at radius 3 is 1.41 bits per heavy atom. The van der Waals surface area contributed by atoms with Crippen LogP contribution >= 0.6 is 60.8 Å². The van der Waals surface area contributed by atoms with E-state index in [1.165, 1.54) is 11.3 Å². The maximum atomic E-state index is 10.6. The molecule has 0 saturated heterocycles. The van der Waals surface area contributed by atoms with Gasteiger partial charge in [0.2, 0.25) is 0 Å². The zero-order chi connectivity index (χ0) is 29.4. The molecule has 5 nitrogen and oxygen atoms in total. The molecule has 37 heavy (non-hydrogen) atoms. The van der Waals surface area contributed by atoms with Gasteiger partial charge in [0.05, 0.1) is 5.69 Å². The Morgan fingerprint density at radius 2 is 1.16 bits per heavy atom. The van der Waals surface area contributed by atoms with Gasteiger partial charge < -0.3 is 17.2 Å². The van der Waals surface area contributed by atoms with Crippen LogP contribution in [-0.4, -0.2) is 15.9 Å². The van der Waals surface area contributed by atoms with Crippen molar-refractivity contribution in [1.82, 2.24) is 4.98 Å². The average Bonchev–Trinajstić information content (AvgIpc) is 3.37. The summed E-state index contributed by atoms with van der Waals surface area (Å²) in [6.45, 7) is 17.6. The van der Waals surface area contributed by atoms with Gasteiger partial charge in [-0.1, -0.05) is 123 Å². The number of thiocarbonyl (C=S) groups is 1. The number of aromatic nitrogens is 1. The number of hydrogen-bond donors (Lipinski definition) is 3. The molecular formula is C27H48I3N4OS2-. The van der Waals surface area contributed by atoms with Gasteiger partial charge in [0.1, 0.15) is 0 Å². The van der Waals surface area contributed by atoms with Gasteiger partial charge >= 0.3 is 50.5 Å². The van der Waals surface area contributed by atoms with Crippen LogP contribution in [-0.2, 0) is 0 Å². The van der Waals surface area contributed by atoms with E-state index in [2.05, 4.69) is 65.9 Å². The van der Waals surface area contributed by atoms with Crippen molar-refractivity contribution in [2.45, 2.75) is 69.7 Å². The number of hydrogen-bond acceptors (Lipinski definition) is 5. The number of nitrogen functional groups attached to an aromatic ring is 1. The van der Waals surface area contributed by atoms with Crippen LogP contribution in [0.4, 0.5) is 5.13 Å². The summed E-state index contributed by atoms with van der Waals surface area (Å²) in [7, 11) is 0. The predicted molar refractivity (Wildman–Crippen MR) is 190 cm³/mol. The number of Topliss-reactive ketones (excluding diaryl/α,β-unsaturated/α-hetero) is 1. The molecule has 3 rings (SSSR count). The zero-order valence-corrected chi connectivity index (χ0v) is 31.0. The Labute approximate surface area is 266 Å². The quantitative estimate of drug-likeness (QED) is 0.146. The number of anilines is 1. The molecular weight excluding hydrogens is 841 g/mol. The molecule has 0 fully saturated rings. The summed E-state index contributed by atoms with van der Waals surface area (Å²) in [6, 6.07) is 19.2. The van der Waals surface area contributed by atoms with Crippen LogP contribution in [0, 0.1) is 0 Å². The number of nitrogens with zero attached hydrogens (tertiary/aromatic N) is 1. The Bertz CT molecular complexity index is 819. The van der Waals surface area contributed by atoms with Crippen molar-refractivity contribution in [3.8, 4) is 11.3 Å². The molecule has 0 radical (unpaired) electrons. The Morgan fingerprint density at radius 1 is 0.838 bits per heavy atom. The molecule has 0 saturated carbocycles. The van der Waals surface area contributed by atoms with Crippen molar-refractivity contribution in [1.29, 1.82) is 0 Å². The van der Waals surface area contributed by atoms with Crippen LogP contribution < -0.4 is 30.5 Å². The van der Waals surface area contributed by atoms with Crippen LogP contribution in [0.3, 0.4) is 0 Å². The summed E-state index contributed by atoms with van der Waals surface area (Å²) in [4.78, 5) is 14.8. The van der Waals surface area contributed by atoms with E-state index in [4.69, 9.17) is 5.73 Å². The molecule has 0 aliphatic carbocycles. The SMILES string of the molecule is C.CC.CC.CC.CC.CC(=O)c1ccccc1.I[I-]I.NC(N)=S.Nc1nc(-c2ccccc2)cs1. The van der Waals surface area contributed by atoms with E-state index in [-0.39, 0.29) is 18.3 Å². The second-order valence-electron chi connectivity index (χ2n) is 4.82. The smallest absolute Gasteiger partial charge is 0.180 e. The molecule has 6 N–H and O–H groups in total. The molecule has 0 amide bonds. The van der Waals surface area contributed by atoms with Crippen molar-refractivity contribution in [2.75, 3.05) is 5.73 Å². The average molecular weight is 890 g/mol. The van der Waals surface area contributed by atoms with E-state index in [9.17, 15) is 4.79 Å². The van der Waals surface area contributed by atoms with E-state index in [1.807, 2.05) is 121 Å². The molecule has 0 spiro atoms. The number of ketones is 1. The molecule has 3 aromatic rings. The number of halogens is 3. The second kappa shape index (κ2) is 42.5. The minimum Gasteiger partial charge on any atom is -0.377 e. The summed E-state index contributed by atoms with van der Waals surface area (Å²) >= 11 is 10.9. The minimum absolute atomic E-state index is 0. The first-order chi connectivity index (χ1) is 17.3. The fourth-order valence-electron chi connectivity index (χ4n) is 1.70. The number of carbonyl (C=O) groups excluding carboxylic acids is 1. The molecule has 1 aromatic heterocycles. The third-order valence-corrected chi connectivity index (χ3v) is 3.45. The predicted octanol–water partition coefficient (Wildman–Crippen LogP) is 6.99. The van der Waals surface area contributed by atoms with Crippen molar-refractivity contribution < 1.29 is 18.0 Å². The normalized spacial score (nSPS) is 7.32. The fraction of sp³-hybridized carbons (Fsp3) is 0.370. The van der Waals surface area contributed by atoms with Crippen LogP contribution in [0.25, 0.3) is 11.3 Å². The topological polar surface area (TPSA) is 108 Å². The van der Waals surface area contributed by atoms with Gasteiger partial charge in [0.25, 0.3) is 0 Å². The van der Waals surface area contributed by atoms with E-state index >= 15 is 0 Å². The minimum atomic E-state index is 0. The van der Waals surface area contributed by atoms with Gasteiger partial charge in [-0.05, 0) is 19.1 Å². The first kappa shape index (κ1) is 49.4. The molecule has 0 bridgehead atoms. The van der Waals surface area contributed by atoms with E-state index in [1.54, 1.807) is 6.92 Å².